The Balaban J connectivity index is 2.51. The molecule has 0 aliphatic heterocycles. The third-order valence-electron chi connectivity index (χ3n) is 1.63. The second-order valence-electron chi connectivity index (χ2n) is 2.87. The lowest BCUT2D eigenvalue weighted by Gasteiger charge is -1.94. The molecule has 0 heterocycles. The summed E-state index contributed by atoms with van der Waals surface area (Å²) in [4.78, 5) is 11.1. The summed E-state index contributed by atoms with van der Waals surface area (Å²) < 4.78 is 0. The monoisotopic (exact) mass is 187 g/mol. The standard InChI is InChI=1S/C12H13NO/c1-2-10-13-12(14)9-8-11-6-4-3-5-7-11/h3-7H,2,10H2,1H3,(H,13,14). The molecule has 0 aliphatic carbocycles. The quantitative estimate of drug-likeness (QED) is 0.699. The molecule has 1 amide bonds. The van der Waals surface area contributed by atoms with Crippen molar-refractivity contribution in [1.82, 2.24) is 5.32 Å². The lowest BCUT2D eigenvalue weighted by Crippen LogP contribution is -2.21. The summed E-state index contributed by atoms with van der Waals surface area (Å²) >= 11 is 0. The molecule has 0 unspecified atom stereocenters. The molecular formula is C12H13NO. The van der Waals surface area contributed by atoms with Gasteiger partial charge in [-0.05, 0) is 18.6 Å². The number of rotatable bonds is 2. The summed E-state index contributed by atoms with van der Waals surface area (Å²) in [5.41, 5.74) is 0.860. The molecule has 14 heavy (non-hydrogen) atoms. The van der Waals surface area contributed by atoms with Gasteiger partial charge >= 0.3 is 0 Å². The largest absolute Gasteiger partial charge is 0.345 e. The van der Waals surface area contributed by atoms with Crippen molar-refractivity contribution in [3.05, 3.63) is 35.9 Å². The highest BCUT2D eigenvalue weighted by molar-refractivity contribution is 5.93. The van der Waals surface area contributed by atoms with Crippen molar-refractivity contribution in [2.45, 2.75) is 13.3 Å². The normalized spacial score (nSPS) is 8.64. The van der Waals surface area contributed by atoms with Crippen LogP contribution in [-0.4, -0.2) is 12.5 Å². The van der Waals surface area contributed by atoms with Crippen LogP contribution < -0.4 is 5.32 Å². The van der Waals surface area contributed by atoms with Crippen LogP contribution in [0.3, 0.4) is 0 Å². The predicted octanol–water partition coefficient (Wildman–Crippen LogP) is 1.56. The molecule has 0 radical (unpaired) electrons. The van der Waals surface area contributed by atoms with Gasteiger partial charge in [0.25, 0.3) is 5.91 Å². The molecule has 0 fully saturated rings. The Bertz CT molecular complexity index is 346. The van der Waals surface area contributed by atoms with Crippen LogP contribution >= 0.6 is 0 Å². The first kappa shape index (κ1) is 10.3. The second kappa shape index (κ2) is 5.82. The summed E-state index contributed by atoms with van der Waals surface area (Å²) in [5, 5.41) is 2.69. The molecule has 1 aromatic carbocycles. The van der Waals surface area contributed by atoms with Crippen molar-refractivity contribution in [1.29, 1.82) is 0 Å². The number of carbonyl (C=O) groups excluding carboxylic acids is 1. The summed E-state index contributed by atoms with van der Waals surface area (Å²) in [7, 11) is 0. The number of hydrogen-bond donors (Lipinski definition) is 1. The maximum absolute atomic E-state index is 11.1. The van der Waals surface area contributed by atoms with Crippen LogP contribution in [-0.2, 0) is 4.79 Å². The third kappa shape index (κ3) is 3.77. The topological polar surface area (TPSA) is 29.1 Å². The van der Waals surface area contributed by atoms with Gasteiger partial charge in [0.1, 0.15) is 0 Å². The smallest absolute Gasteiger partial charge is 0.296 e. The molecule has 72 valence electrons. The van der Waals surface area contributed by atoms with E-state index in [0.717, 1.165) is 12.0 Å². The van der Waals surface area contributed by atoms with E-state index in [0.29, 0.717) is 6.54 Å². The Morgan fingerprint density at radius 1 is 1.36 bits per heavy atom. The van der Waals surface area contributed by atoms with E-state index in [1.165, 1.54) is 0 Å². The van der Waals surface area contributed by atoms with Crippen LogP contribution in [0.4, 0.5) is 0 Å². The van der Waals surface area contributed by atoms with Crippen LogP contribution in [0.5, 0.6) is 0 Å². The minimum atomic E-state index is -0.212. The Kier molecular flexibility index (Phi) is 4.30. The van der Waals surface area contributed by atoms with Gasteiger partial charge in [-0.3, -0.25) is 4.79 Å². The SMILES string of the molecule is CCCNC(=O)C#Cc1ccccc1. The van der Waals surface area contributed by atoms with Crippen LogP contribution in [0.15, 0.2) is 30.3 Å². The number of nitrogens with one attached hydrogen (secondary N) is 1. The van der Waals surface area contributed by atoms with Gasteiger partial charge in [-0.25, -0.2) is 0 Å². The fourth-order valence-corrected chi connectivity index (χ4v) is 0.933. The lowest BCUT2D eigenvalue weighted by atomic mass is 10.2. The molecule has 2 nitrogen and oxygen atoms in total. The summed E-state index contributed by atoms with van der Waals surface area (Å²) in [6.07, 6.45) is 0.929. The van der Waals surface area contributed by atoms with E-state index >= 15 is 0 Å². The van der Waals surface area contributed by atoms with Crippen molar-refractivity contribution in [2.75, 3.05) is 6.54 Å². The first-order valence-corrected chi connectivity index (χ1v) is 4.68. The zero-order chi connectivity index (χ0) is 10.2. The first-order chi connectivity index (χ1) is 6.83. The van der Waals surface area contributed by atoms with E-state index in [-0.39, 0.29) is 5.91 Å². The van der Waals surface area contributed by atoms with Gasteiger partial charge in [0.2, 0.25) is 0 Å². The number of hydrogen-bond acceptors (Lipinski definition) is 1. The maximum atomic E-state index is 11.1. The number of carbonyl (C=O) groups is 1. The van der Waals surface area contributed by atoms with Gasteiger partial charge in [0, 0.05) is 18.0 Å². The van der Waals surface area contributed by atoms with E-state index in [4.69, 9.17) is 0 Å². The van der Waals surface area contributed by atoms with Gasteiger partial charge in [-0.1, -0.05) is 31.0 Å². The van der Waals surface area contributed by atoms with Crippen molar-refractivity contribution in [3.8, 4) is 11.8 Å². The molecule has 2 heteroatoms. The highest BCUT2D eigenvalue weighted by Crippen LogP contribution is 1.94. The van der Waals surface area contributed by atoms with Crippen molar-refractivity contribution in [3.63, 3.8) is 0 Å². The Morgan fingerprint density at radius 3 is 2.71 bits per heavy atom. The summed E-state index contributed by atoms with van der Waals surface area (Å²) in [6, 6.07) is 9.46. The third-order valence-corrected chi connectivity index (χ3v) is 1.63. The molecule has 0 bridgehead atoms. The molecule has 0 aromatic heterocycles. The molecule has 0 spiro atoms. The Labute approximate surface area is 84.3 Å². The Hall–Kier alpha value is -1.75. The van der Waals surface area contributed by atoms with E-state index < -0.39 is 0 Å². The molecule has 0 atom stereocenters. The van der Waals surface area contributed by atoms with Gasteiger partial charge < -0.3 is 5.32 Å². The summed E-state index contributed by atoms with van der Waals surface area (Å²) in [6.45, 7) is 2.69. The minimum absolute atomic E-state index is 0.212. The van der Waals surface area contributed by atoms with E-state index in [1.54, 1.807) is 0 Å². The van der Waals surface area contributed by atoms with Crippen LogP contribution in [0.1, 0.15) is 18.9 Å². The second-order valence-corrected chi connectivity index (χ2v) is 2.87. The average Bonchev–Trinajstić information content (AvgIpc) is 2.25. The van der Waals surface area contributed by atoms with Crippen molar-refractivity contribution >= 4 is 5.91 Å². The molecular weight excluding hydrogens is 174 g/mol. The number of benzene rings is 1. The fourth-order valence-electron chi connectivity index (χ4n) is 0.933. The van der Waals surface area contributed by atoms with Gasteiger partial charge in [-0.15, -0.1) is 0 Å². The lowest BCUT2D eigenvalue weighted by molar-refractivity contribution is -0.115. The fraction of sp³-hybridized carbons (Fsp3) is 0.250. The van der Waals surface area contributed by atoms with Crippen LogP contribution in [0.2, 0.25) is 0 Å². The molecule has 1 N–H and O–H groups in total. The highest BCUT2D eigenvalue weighted by atomic mass is 16.1. The van der Waals surface area contributed by atoms with Gasteiger partial charge in [0.15, 0.2) is 0 Å². The summed E-state index contributed by atoms with van der Waals surface area (Å²) in [5.74, 6) is 5.11. The molecule has 1 rings (SSSR count). The number of amides is 1. The predicted molar refractivity (Wildman–Crippen MR) is 56.6 cm³/mol. The highest BCUT2D eigenvalue weighted by Gasteiger charge is 1.91. The zero-order valence-electron chi connectivity index (χ0n) is 8.21. The van der Waals surface area contributed by atoms with Crippen molar-refractivity contribution in [2.24, 2.45) is 0 Å². The molecule has 0 aliphatic rings. The minimum Gasteiger partial charge on any atom is -0.345 e. The van der Waals surface area contributed by atoms with Crippen LogP contribution in [0.25, 0.3) is 0 Å². The van der Waals surface area contributed by atoms with Crippen LogP contribution in [0, 0.1) is 11.8 Å². The maximum Gasteiger partial charge on any atom is 0.296 e. The first-order valence-electron chi connectivity index (χ1n) is 4.68. The molecule has 0 saturated heterocycles. The van der Waals surface area contributed by atoms with E-state index in [1.807, 2.05) is 37.3 Å². The molecule has 0 saturated carbocycles. The van der Waals surface area contributed by atoms with E-state index in [2.05, 4.69) is 17.2 Å². The average molecular weight is 187 g/mol. The van der Waals surface area contributed by atoms with Gasteiger partial charge in [-0.2, -0.15) is 0 Å². The zero-order valence-corrected chi connectivity index (χ0v) is 8.21. The van der Waals surface area contributed by atoms with Crippen molar-refractivity contribution < 1.29 is 4.79 Å². The van der Waals surface area contributed by atoms with E-state index in [9.17, 15) is 4.79 Å². The molecule has 1 aromatic rings. The Morgan fingerprint density at radius 2 is 2.07 bits per heavy atom. The van der Waals surface area contributed by atoms with Gasteiger partial charge in [0.05, 0.1) is 0 Å².